The monoisotopic (exact) mass is 265 g/mol. The summed E-state index contributed by atoms with van der Waals surface area (Å²) < 4.78 is 1.86. The average Bonchev–Trinajstić information content (AvgIpc) is 2.55. The number of hydrogen-bond acceptors (Lipinski definition) is 4. The second kappa shape index (κ2) is 4.86. The number of aromatic nitrogens is 3. The van der Waals surface area contributed by atoms with Crippen LogP contribution in [0.3, 0.4) is 0 Å². The van der Waals surface area contributed by atoms with Crippen LogP contribution in [0, 0.1) is 13.8 Å². The molecule has 18 heavy (non-hydrogen) atoms. The van der Waals surface area contributed by atoms with Crippen LogP contribution < -0.4 is 11.1 Å². The second-order valence-electron chi connectivity index (χ2n) is 4.20. The molecule has 0 unspecified atom stereocenters. The van der Waals surface area contributed by atoms with Crippen molar-refractivity contribution in [3.05, 3.63) is 34.2 Å². The Morgan fingerprint density at radius 1 is 1.39 bits per heavy atom. The largest absolute Gasteiger partial charge is 0.396 e. The number of nitrogens with one attached hydrogen (secondary N) is 1. The van der Waals surface area contributed by atoms with Crippen LogP contribution in [0.4, 0.5) is 11.5 Å². The summed E-state index contributed by atoms with van der Waals surface area (Å²) in [5.74, 6) is 0.602. The molecule has 0 radical (unpaired) electrons. The Morgan fingerprint density at radius 3 is 2.72 bits per heavy atom. The van der Waals surface area contributed by atoms with E-state index >= 15 is 0 Å². The zero-order chi connectivity index (χ0) is 13.3. The van der Waals surface area contributed by atoms with Crippen molar-refractivity contribution in [3.63, 3.8) is 0 Å². The van der Waals surface area contributed by atoms with Gasteiger partial charge in [0.1, 0.15) is 5.15 Å². The highest BCUT2D eigenvalue weighted by Crippen LogP contribution is 2.20. The Balaban J connectivity index is 2.19. The summed E-state index contributed by atoms with van der Waals surface area (Å²) in [6.07, 6.45) is 0. The number of rotatable bonds is 3. The molecule has 0 saturated carbocycles. The summed E-state index contributed by atoms with van der Waals surface area (Å²) in [5.41, 5.74) is 9.69. The molecule has 0 saturated heterocycles. The van der Waals surface area contributed by atoms with Gasteiger partial charge in [-0.05, 0) is 26.0 Å². The normalized spacial score (nSPS) is 10.7. The fourth-order valence-electron chi connectivity index (χ4n) is 1.83. The van der Waals surface area contributed by atoms with Crippen LogP contribution in [0.15, 0.2) is 12.1 Å². The molecule has 6 heteroatoms. The number of nitrogens with two attached hydrogens (primary N) is 1. The first-order valence-corrected chi connectivity index (χ1v) is 6.02. The third-order valence-corrected chi connectivity index (χ3v) is 3.19. The number of pyridine rings is 1. The van der Waals surface area contributed by atoms with E-state index in [0.29, 0.717) is 23.2 Å². The highest BCUT2D eigenvalue weighted by Gasteiger charge is 2.10. The van der Waals surface area contributed by atoms with Gasteiger partial charge in [-0.2, -0.15) is 5.10 Å². The van der Waals surface area contributed by atoms with E-state index in [2.05, 4.69) is 15.4 Å². The Bertz CT molecular complexity index is 576. The molecular weight excluding hydrogens is 250 g/mol. The van der Waals surface area contributed by atoms with Crippen LogP contribution in [-0.4, -0.2) is 14.8 Å². The van der Waals surface area contributed by atoms with E-state index in [1.165, 1.54) is 0 Å². The van der Waals surface area contributed by atoms with Gasteiger partial charge in [0.2, 0.25) is 0 Å². The van der Waals surface area contributed by atoms with Crippen LogP contribution in [0.1, 0.15) is 17.0 Å². The maximum atomic E-state index is 5.84. The van der Waals surface area contributed by atoms with Gasteiger partial charge < -0.3 is 11.1 Å². The van der Waals surface area contributed by atoms with Crippen LogP contribution >= 0.6 is 11.6 Å². The van der Waals surface area contributed by atoms with Crippen molar-refractivity contribution in [2.24, 2.45) is 7.05 Å². The van der Waals surface area contributed by atoms with E-state index in [1.54, 1.807) is 12.1 Å². The number of nitrogens with zero attached hydrogens (tertiary/aromatic N) is 3. The van der Waals surface area contributed by atoms with E-state index in [1.807, 2.05) is 25.6 Å². The minimum Gasteiger partial charge on any atom is -0.396 e. The third kappa shape index (κ3) is 2.41. The number of anilines is 2. The zero-order valence-corrected chi connectivity index (χ0v) is 11.4. The highest BCUT2D eigenvalue weighted by molar-refractivity contribution is 6.29. The summed E-state index contributed by atoms with van der Waals surface area (Å²) in [6.45, 7) is 4.65. The molecule has 2 rings (SSSR count). The molecule has 0 atom stereocenters. The fourth-order valence-corrected chi connectivity index (χ4v) is 1.98. The van der Waals surface area contributed by atoms with E-state index in [9.17, 15) is 0 Å². The first-order chi connectivity index (χ1) is 8.49. The molecule has 2 aromatic rings. The number of nitrogen functional groups attached to an aromatic ring is 1. The van der Waals surface area contributed by atoms with Crippen LogP contribution in [0.5, 0.6) is 0 Å². The Kier molecular flexibility index (Phi) is 3.43. The van der Waals surface area contributed by atoms with Crippen molar-refractivity contribution in [2.75, 3.05) is 11.1 Å². The van der Waals surface area contributed by atoms with Gasteiger partial charge >= 0.3 is 0 Å². The van der Waals surface area contributed by atoms with Crippen molar-refractivity contribution >= 4 is 23.1 Å². The second-order valence-corrected chi connectivity index (χ2v) is 4.59. The van der Waals surface area contributed by atoms with Crippen molar-refractivity contribution in [1.29, 1.82) is 0 Å². The Hall–Kier alpha value is -1.75. The zero-order valence-electron chi connectivity index (χ0n) is 10.7. The first-order valence-electron chi connectivity index (χ1n) is 5.64. The van der Waals surface area contributed by atoms with Crippen molar-refractivity contribution in [1.82, 2.24) is 14.8 Å². The summed E-state index contributed by atoms with van der Waals surface area (Å²) in [7, 11) is 1.93. The molecule has 0 aliphatic heterocycles. The van der Waals surface area contributed by atoms with Gasteiger partial charge in [0.05, 0.1) is 11.4 Å². The molecule has 2 heterocycles. The minimum atomic E-state index is 0.423. The van der Waals surface area contributed by atoms with Gasteiger partial charge in [0.25, 0.3) is 0 Å². The van der Waals surface area contributed by atoms with Crippen molar-refractivity contribution in [3.8, 4) is 0 Å². The lowest BCUT2D eigenvalue weighted by Gasteiger charge is -2.08. The molecule has 96 valence electrons. The molecule has 5 nitrogen and oxygen atoms in total. The van der Waals surface area contributed by atoms with E-state index in [-0.39, 0.29) is 0 Å². The number of halogens is 1. The number of aryl methyl sites for hydroxylation is 2. The molecule has 0 amide bonds. The molecule has 0 aliphatic carbocycles. The summed E-state index contributed by atoms with van der Waals surface area (Å²) in [5, 5.41) is 7.98. The van der Waals surface area contributed by atoms with Gasteiger partial charge in [0.15, 0.2) is 5.82 Å². The molecular formula is C12H16ClN5. The van der Waals surface area contributed by atoms with E-state index in [4.69, 9.17) is 17.3 Å². The minimum absolute atomic E-state index is 0.423. The molecule has 0 aliphatic rings. The first kappa shape index (κ1) is 12.7. The molecule has 0 spiro atoms. The smallest absolute Gasteiger partial charge is 0.151 e. The van der Waals surface area contributed by atoms with E-state index in [0.717, 1.165) is 17.0 Å². The maximum absolute atomic E-state index is 5.84. The Labute approximate surface area is 111 Å². The highest BCUT2D eigenvalue weighted by atomic mass is 35.5. The van der Waals surface area contributed by atoms with Crippen LogP contribution in [0.25, 0.3) is 0 Å². The quantitative estimate of drug-likeness (QED) is 0.836. The molecule has 2 aromatic heterocycles. The van der Waals surface area contributed by atoms with Gasteiger partial charge in [-0.25, -0.2) is 4.98 Å². The third-order valence-electron chi connectivity index (χ3n) is 2.98. The van der Waals surface area contributed by atoms with Crippen molar-refractivity contribution < 1.29 is 0 Å². The topological polar surface area (TPSA) is 68.8 Å². The summed E-state index contributed by atoms with van der Waals surface area (Å²) in [4.78, 5) is 4.16. The fraction of sp³-hybridized carbons (Fsp3) is 0.333. The summed E-state index contributed by atoms with van der Waals surface area (Å²) >= 11 is 5.84. The van der Waals surface area contributed by atoms with Crippen LogP contribution in [-0.2, 0) is 13.6 Å². The molecule has 3 N–H and O–H groups in total. The van der Waals surface area contributed by atoms with Gasteiger partial charge in [-0.1, -0.05) is 11.6 Å². The van der Waals surface area contributed by atoms with Crippen molar-refractivity contribution in [2.45, 2.75) is 20.4 Å². The lowest BCUT2D eigenvalue weighted by molar-refractivity contribution is 0.730. The molecule has 0 aromatic carbocycles. The Morgan fingerprint density at radius 2 is 2.11 bits per heavy atom. The van der Waals surface area contributed by atoms with Crippen LogP contribution in [0.2, 0.25) is 5.15 Å². The van der Waals surface area contributed by atoms with Gasteiger partial charge in [-0.15, -0.1) is 0 Å². The van der Waals surface area contributed by atoms with Gasteiger partial charge in [-0.3, -0.25) is 4.68 Å². The molecule has 0 fully saturated rings. The predicted molar refractivity (Wildman–Crippen MR) is 73.7 cm³/mol. The lowest BCUT2D eigenvalue weighted by Crippen LogP contribution is -2.06. The molecule has 0 bridgehead atoms. The van der Waals surface area contributed by atoms with Gasteiger partial charge in [0, 0.05) is 24.8 Å². The SMILES string of the molecule is Cc1nn(C)c(C)c1CNc1nc(Cl)ccc1N. The average molecular weight is 266 g/mol. The lowest BCUT2D eigenvalue weighted by atomic mass is 10.2. The standard InChI is InChI=1S/C12H16ClN5/c1-7-9(8(2)18(3)17-7)6-15-12-10(14)4-5-11(13)16-12/h4-5H,6,14H2,1-3H3,(H,15,16). The maximum Gasteiger partial charge on any atom is 0.151 e. The number of hydrogen-bond donors (Lipinski definition) is 2. The predicted octanol–water partition coefficient (Wildman–Crippen LogP) is 2.28. The van der Waals surface area contributed by atoms with E-state index < -0.39 is 0 Å². The summed E-state index contributed by atoms with van der Waals surface area (Å²) in [6, 6.07) is 3.41.